The first-order valence-corrected chi connectivity index (χ1v) is 10.7. The Kier molecular flexibility index (Phi) is 7.48. The first-order valence-electron chi connectivity index (χ1n) is 9.33. The highest BCUT2D eigenvalue weighted by Gasteiger charge is 2.14. The number of nitrogens with zero attached hydrogens (tertiary/aromatic N) is 3. The number of rotatable bonds is 8. The van der Waals surface area contributed by atoms with Crippen LogP contribution in [0.3, 0.4) is 0 Å². The summed E-state index contributed by atoms with van der Waals surface area (Å²) >= 11 is 7.20. The van der Waals surface area contributed by atoms with Gasteiger partial charge in [-0.05, 0) is 48.9 Å². The predicted octanol–water partition coefficient (Wildman–Crippen LogP) is 4.43. The van der Waals surface area contributed by atoms with Crippen molar-refractivity contribution in [2.45, 2.75) is 18.5 Å². The Hall–Kier alpha value is -2.84. The third-order valence-corrected chi connectivity index (χ3v) is 5.36. The second-order valence-corrected chi connectivity index (χ2v) is 7.80. The number of esters is 1. The van der Waals surface area contributed by atoms with E-state index in [0.717, 1.165) is 12.0 Å². The van der Waals surface area contributed by atoms with Crippen molar-refractivity contribution in [3.05, 3.63) is 59.1 Å². The summed E-state index contributed by atoms with van der Waals surface area (Å²) in [6.45, 7) is 2.29. The Balaban J connectivity index is 1.59. The summed E-state index contributed by atoms with van der Waals surface area (Å²) in [7, 11) is 1.84. The number of thioether (sulfide) groups is 1. The number of benzene rings is 2. The molecule has 0 saturated heterocycles. The van der Waals surface area contributed by atoms with E-state index < -0.39 is 5.97 Å². The molecule has 0 radical (unpaired) electrons. The summed E-state index contributed by atoms with van der Waals surface area (Å²) in [5.41, 5.74) is 1.82. The van der Waals surface area contributed by atoms with Crippen LogP contribution in [0, 0.1) is 0 Å². The monoisotopic (exact) mass is 444 g/mol. The van der Waals surface area contributed by atoms with Crippen molar-refractivity contribution < 1.29 is 14.3 Å². The lowest BCUT2D eigenvalue weighted by Crippen LogP contribution is -2.15. The molecule has 1 N–H and O–H groups in total. The van der Waals surface area contributed by atoms with Gasteiger partial charge in [0.25, 0.3) is 0 Å². The van der Waals surface area contributed by atoms with Gasteiger partial charge in [-0.2, -0.15) is 0 Å². The molecule has 1 heterocycles. The summed E-state index contributed by atoms with van der Waals surface area (Å²) in [6.07, 6.45) is 0.751. The van der Waals surface area contributed by atoms with E-state index >= 15 is 0 Å². The highest BCUT2D eigenvalue weighted by molar-refractivity contribution is 7.99. The van der Waals surface area contributed by atoms with Crippen LogP contribution in [0.1, 0.15) is 23.7 Å². The molecule has 0 fully saturated rings. The number of hydrogen-bond donors (Lipinski definition) is 1. The second-order valence-electron chi connectivity index (χ2n) is 6.43. The molecule has 0 saturated carbocycles. The molecular weight excluding hydrogens is 424 g/mol. The van der Waals surface area contributed by atoms with E-state index in [1.165, 1.54) is 11.8 Å². The molecule has 30 heavy (non-hydrogen) atoms. The van der Waals surface area contributed by atoms with Gasteiger partial charge in [0.2, 0.25) is 5.91 Å². The number of aromatic nitrogens is 3. The topological polar surface area (TPSA) is 86.1 Å². The molecule has 3 rings (SSSR count). The standard InChI is InChI=1S/C21H21ClN4O3S/c1-3-11-29-20(28)15-5-4-6-17(12-15)23-18(27)13-30-21-25-24-19(26(21)2)14-7-9-16(22)10-8-14/h4-10,12H,3,11,13H2,1-2H3,(H,23,27). The lowest BCUT2D eigenvalue weighted by Gasteiger charge is -2.08. The average Bonchev–Trinajstić information content (AvgIpc) is 3.11. The first kappa shape index (κ1) is 21.9. The molecular formula is C21H21ClN4O3S. The molecule has 7 nitrogen and oxygen atoms in total. The van der Waals surface area contributed by atoms with Gasteiger partial charge >= 0.3 is 5.97 Å². The number of nitrogens with one attached hydrogen (secondary N) is 1. The third-order valence-electron chi connectivity index (χ3n) is 4.09. The van der Waals surface area contributed by atoms with E-state index in [4.69, 9.17) is 16.3 Å². The Morgan fingerprint density at radius 3 is 2.67 bits per heavy atom. The molecule has 0 aliphatic carbocycles. The Bertz CT molecular complexity index is 1040. The fraction of sp³-hybridized carbons (Fsp3) is 0.238. The normalized spacial score (nSPS) is 10.6. The van der Waals surface area contributed by atoms with Crippen molar-refractivity contribution in [2.75, 3.05) is 17.7 Å². The van der Waals surface area contributed by atoms with Gasteiger partial charge in [-0.3, -0.25) is 4.79 Å². The molecule has 0 aliphatic rings. The van der Waals surface area contributed by atoms with Gasteiger partial charge < -0.3 is 14.6 Å². The van der Waals surface area contributed by atoms with E-state index in [1.54, 1.807) is 36.4 Å². The molecule has 1 aromatic heterocycles. The molecule has 0 bridgehead atoms. The van der Waals surface area contributed by atoms with Crippen LogP contribution in [0.15, 0.2) is 53.7 Å². The minimum absolute atomic E-state index is 0.150. The third kappa shape index (κ3) is 5.61. The van der Waals surface area contributed by atoms with Gasteiger partial charge in [0, 0.05) is 23.3 Å². The number of carbonyl (C=O) groups is 2. The molecule has 0 atom stereocenters. The largest absolute Gasteiger partial charge is 0.462 e. The zero-order valence-electron chi connectivity index (χ0n) is 16.6. The first-order chi connectivity index (χ1) is 14.5. The second kappa shape index (κ2) is 10.3. The summed E-state index contributed by atoms with van der Waals surface area (Å²) in [5, 5.41) is 12.4. The molecule has 2 aromatic carbocycles. The van der Waals surface area contributed by atoms with Crippen LogP contribution in [0.4, 0.5) is 5.69 Å². The summed E-state index contributed by atoms with van der Waals surface area (Å²) in [6, 6.07) is 14.0. The van der Waals surface area contributed by atoms with Crippen molar-refractivity contribution in [3.8, 4) is 11.4 Å². The SMILES string of the molecule is CCCOC(=O)c1cccc(NC(=O)CSc2nnc(-c3ccc(Cl)cc3)n2C)c1. The lowest BCUT2D eigenvalue weighted by molar-refractivity contribution is -0.113. The fourth-order valence-electron chi connectivity index (χ4n) is 2.62. The Morgan fingerprint density at radius 1 is 1.17 bits per heavy atom. The minimum Gasteiger partial charge on any atom is -0.462 e. The van der Waals surface area contributed by atoms with Gasteiger partial charge in [0.15, 0.2) is 11.0 Å². The number of carbonyl (C=O) groups excluding carboxylic acids is 2. The average molecular weight is 445 g/mol. The van der Waals surface area contributed by atoms with Crippen LogP contribution in [0.5, 0.6) is 0 Å². The van der Waals surface area contributed by atoms with Gasteiger partial charge in [-0.25, -0.2) is 4.79 Å². The van der Waals surface area contributed by atoms with Crippen molar-refractivity contribution in [3.63, 3.8) is 0 Å². The van der Waals surface area contributed by atoms with Crippen LogP contribution >= 0.6 is 23.4 Å². The maximum absolute atomic E-state index is 12.3. The number of ether oxygens (including phenoxy) is 1. The van der Waals surface area contributed by atoms with Crippen molar-refractivity contribution in [1.82, 2.24) is 14.8 Å². The molecule has 0 unspecified atom stereocenters. The molecule has 9 heteroatoms. The van der Waals surface area contributed by atoms with Gasteiger partial charge in [-0.15, -0.1) is 10.2 Å². The van der Waals surface area contributed by atoms with Gasteiger partial charge in [-0.1, -0.05) is 36.4 Å². The predicted molar refractivity (Wildman–Crippen MR) is 118 cm³/mol. The maximum atomic E-state index is 12.3. The van der Waals surface area contributed by atoms with Crippen LogP contribution in [0.25, 0.3) is 11.4 Å². The van der Waals surface area contributed by atoms with E-state index in [2.05, 4.69) is 15.5 Å². The van der Waals surface area contributed by atoms with Crippen LogP contribution in [0.2, 0.25) is 5.02 Å². The quantitative estimate of drug-likeness (QED) is 0.408. The molecule has 0 spiro atoms. The molecule has 1 amide bonds. The molecule has 3 aromatic rings. The number of halogens is 1. The molecule has 0 aliphatic heterocycles. The number of amides is 1. The smallest absolute Gasteiger partial charge is 0.338 e. The zero-order valence-corrected chi connectivity index (χ0v) is 18.2. The lowest BCUT2D eigenvalue weighted by atomic mass is 10.2. The minimum atomic E-state index is -0.406. The summed E-state index contributed by atoms with van der Waals surface area (Å²) < 4.78 is 6.94. The molecule has 156 valence electrons. The maximum Gasteiger partial charge on any atom is 0.338 e. The fourth-order valence-corrected chi connectivity index (χ4v) is 3.46. The van der Waals surface area contributed by atoms with E-state index in [9.17, 15) is 9.59 Å². The summed E-state index contributed by atoms with van der Waals surface area (Å²) in [4.78, 5) is 24.3. The van der Waals surface area contributed by atoms with Crippen molar-refractivity contribution in [1.29, 1.82) is 0 Å². The van der Waals surface area contributed by atoms with E-state index in [-0.39, 0.29) is 11.7 Å². The van der Waals surface area contributed by atoms with Crippen LogP contribution in [-0.2, 0) is 16.6 Å². The zero-order chi connectivity index (χ0) is 21.5. The van der Waals surface area contributed by atoms with Gasteiger partial charge in [0.05, 0.1) is 17.9 Å². The van der Waals surface area contributed by atoms with Gasteiger partial charge in [0.1, 0.15) is 0 Å². The summed E-state index contributed by atoms with van der Waals surface area (Å²) in [5.74, 6) is 0.219. The Morgan fingerprint density at radius 2 is 1.93 bits per heavy atom. The Labute approximate surface area is 183 Å². The highest BCUT2D eigenvalue weighted by atomic mass is 35.5. The highest BCUT2D eigenvalue weighted by Crippen LogP contribution is 2.24. The van der Waals surface area contributed by atoms with E-state index in [0.29, 0.717) is 33.9 Å². The number of anilines is 1. The van der Waals surface area contributed by atoms with E-state index in [1.807, 2.05) is 30.7 Å². The van der Waals surface area contributed by atoms with Crippen molar-refractivity contribution >= 4 is 40.9 Å². The van der Waals surface area contributed by atoms with Crippen LogP contribution < -0.4 is 5.32 Å². The number of hydrogen-bond acceptors (Lipinski definition) is 6. The van der Waals surface area contributed by atoms with Crippen LogP contribution in [-0.4, -0.2) is 39.0 Å². The van der Waals surface area contributed by atoms with Crippen molar-refractivity contribution in [2.24, 2.45) is 7.05 Å².